The van der Waals surface area contributed by atoms with Crippen molar-refractivity contribution in [2.45, 2.75) is 38.3 Å². The van der Waals surface area contributed by atoms with E-state index in [1.54, 1.807) is 11.2 Å². The van der Waals surface area contributed by atoms with Crippen LogP contribution < -0.4 is 10.6 Å². The third-order valence-electron chi connectivity index (χ3n) is 5.65. The van der Waals surface area contributed by atoms with Gasteiger partial charge in [-0.3, -0.25) is 4.79 Å². The Bertz CT molecular complexity index is 933. The Morgan fingerprint density at radius 1 is 1.32 bits per heavy atom. The van der Waals surface area contributed by atoms with Crippen molar-refractivity contribution in [1.29, 1.82) is 0 Å². The van der Waals surface area contributed by atoms with Crippen LogP contribution in [0, 0.1) is 18.6 Å². The number of carbonyl (C=O) groups excluding carboxylic acids is 2. The van der Waals surface area contributed by atoms with Gasteiger partial charge in [0.05, 0.1) is 12.0 Å². The summed E-state index contributed by atoms with van der Waals surface area (Å²) in [4.78, 5) is 26.6. The minimum Gasteiger partial charge on any atom is -0.469 e. The first kappa shape index (κ1) is 18.5. The van der Waals surface area contributed by atoms with E-state index in [-0.39, 0.29) is 29.5 Å². The summed E-state index contributed by atoms with van der Waals surface area (Å²) in [6, 6.07) is 3.47. The Hall–Kier alpha value is -2.90. The maximum Gasteiger partial charge on any atom is 0.317 e. The Morgan fingerprint density at radius 3 is 2.75 bits per heavy atom. The number of ketones is 1. The van der Waals surface area contributed by atoms with Crippen molar-refractivity contribution >= 4 is 17.5 Å². The summed E-state index contributed by atoms with van der Waals surface area (Å²) in [5.74, 6) is -1.04. The molecule has 8 heteroatoms. The van der Waals surface area contributed by atoms with E-state index in [1.807, 2.05) is 13.0 Å². The van der Waals surface area contributed by atoms with Crippen molar-refractivity contribution in [3.63, 3.8) is 0 Å². The van der Waals surface area contributed by atoms with E-state index in [2.05, 4.69) is 10.6 Å². The molecule has 0 aliphatic carbocycles. The zero-order valence-electron chi connectivity index (χ0n) is 15.5. The van der Waals surface area contributed by atoms with E-state index in [0.717, 1.165) is 23.5 Å². The summed E-state index contributed by atoms with van der Waals surface area (Å²) in [6.45, 7) is 3.09. The molecule has 6 nitrogen and oxygen atoms in total. The van der Waals surface area contributed by atoms with Gasteiger partial charge in [0, 0.05) is 48.8 Å². The molecule has 3 heterocycles. The van der Waals surface area contributed by atoms with Gasteiger partial charge in [-0.25, -0.2) is 13.6 Å². The maximum atomic E-state index is 14.2. The average molecular weight is 389 g/mol. The molecule has 2 aliphatic heterocycles. The number of Topliss-reactive ketones (excluding diaryl/α,β-unsaturated/α-hetero) is 1. The third kappa shape index (κ3) is 3.34. The molecule has 1 spiro atoms. The smallest absolute Gasteiger partial charge is 0.317 e. The molecule has 1 aromatic heterocycles. The number of fused-ring (bicyclic) bond motifs is 1. The number of amides is 2. The highest BCUT2D eigenvalue weighted by Gasteiger charge is 2.42. The average Bonchev–Trinajstić information content (AvgIpc) is 3.06. The molecule has 2 amide bonds. The van der Waals surface area contributed by atoms with E-state index in [0.29, 0.717) is 32.5 Å². The largest absolute Gasteiger partial charge is 0.469 e. The van der Waals surface area contributed by atoms with Crippen molar-refractivity contribution in [2.75, 3.05) is 18.4 Å². The number of nitrogens with one attached hydrogen (secondary N) is 2. The highest BCUT2D eigenvalue weighted by Crippen LogP contribution is 2.39. The number of piperidine rings is 1. The number of likely N-dealkylation sites (tertiary alicyclic amines) is 1. The first-order valence-corrected chi connectivity index (χ1v) is 9.23. The number of nitrogens with zero attached hydrogens (tertiary/aromatic N) is 1. The molecular formula is C20H21F2N3O3. The maximum absolute atomic E-state index is 14.2. The van der Waals surface area contributed by atoms with Gasteiger partial charge in [0.1, 0.15) is 17.4 Å². The van der Waals surface area contributed by atoms with E-state index < -0.39 is 17.2 Å². The number of hydrogen-bond acceptors (Lipinski definition) is 4. The Balaban J connectivity index is 1.40. The number of furan rings is 1. The molecule has 1 saturated heterocycles. The second-order valence-electron chi connectivity index (χ2n) is 7.46. The minimum atomic E-state index is -0.766. The van der Waals surface area contributed by atoms with Crippen LogP contribution in [0.5, 0.6) is 0 Å². The quantitative estimate of drug-likeness (QED) is 0.823. The Morgan fingerprint density at radius 2 is 2.07 bits per heavy atom. The highest BCUT2D eigenvalue weighted by molar-refractivity contribution is 6.04. The minimum absolute atomic E-state index is 0.0544. The molecule has 0 saturated carbocycles. The molecule has 0 atom stereocenters. The summed E-state index contributed by atoms with van der Waals surface area (Å²) in [6.07, 6.45) is 2.75. The summed E-state index contributed by atoms with van der Waals surface area (Å²) in [5.41, 5.74) is 0.422. The molecule has 0 unspecified atom stereocenters. The molecule has 0 radical (unpaired) electrons. The third-order valence-corrected chi connectivity index (χ3v) is 5.65. The lowest BCUT2D eigenvalue weighted by atomic mass is 9.78. The number of carbonyl (C=O) groups is 2. The topological polar surface area (TPSA) is 74.6 Å². The van der Waals surface area contributed by atoms with Crippen molar-refractivity contribution in [3.8, 4) is 0 Å². The van der Waals surface area contributed by atoms with Gasteiger partial charge < -0.3 is 20.0 Å². The highest BCUT2D eigenvalue weighted by atomic mass is 19.1. The number of halogens is 2. The molecule has 28 heavy (non-hydrogen) atoms. The predicted molar refractivity (Wildman–Crippen MR) is 98.1 cm³/mol. The second-order valence-corrected chi connectivity index (χ2v) is 7.46. The standard InChI is InChI=1S/C20H21F2N3O3/c1-12-13(2-7-28-12)11-23-19(27)25-5-3-20(4-6-25)10-17(26)15-8-14(21)9-16(22)18(15)24-20/h2,7-9,24H,3-6,10-11H2,1H3,(H,23,27). The van der Waals surface area contributed by atoms with E-state index in [1.165, 1.54) is 0 Å². The van der Waals surface area contributed by atoms with Gasteiger partial charge in [-0.2, -0.15) is 0 Å². The van der Waals surface area contributed by atoms with E-state index >= 15 is 0 Å². The number of rotatable bonds is 2. The first-order valence-electron chi connectivity index (χ1n) is 9.23. The molecule has 2 aliphatic rings. The van der Waals surface area contributed by atoms with Crippen molar-refractivity contribution in [2.24, 2.45) is 0 Å². The lowest BCUT2D eigenvalue weighted by Gasteiger charge is -2.45. The van der Waals surface area contributed by atoms with Crippen molar-refractivity contribution < 1.29 is 22.8 Å². The van der Waals surface area contributed by atoms with Crippen LogP contribution in [0.15, 0.2) is 28.9 Å². The summed E-state index contributed by atoms with van der Waals surface area (Å²) in [5, 5.41) is 5.99. The summed E-state index contributed by atoms with van der Waals surface area (Å²) < 4.78 is 32.8. The van der Waals surface area contributed by atoms with Gasteiger partial charge in [-0.1, -0.05) is 0 Å². The van der Waals surface area contributed by atoms with E-state index in [4.69, 9.17) is 4.42 Å². The number of aryl methyl sites for hydroxylation is 1. The van der Waals surface area contributed by atoms with Crippen LogP contribution in [0.1, 0.15) is 40.9 Å². The fraction of sp³-hybridized carbons (Fsp3) is 0.400. The molecule has 2 N–H and O–H groups in total. The fourth-order valence-electron chi connectivity index (χ4n) is 3.95. The zero-order chi connectivity index (χ0) is 19.9. The van der Waals surface area contributed by atoms with Crippen LogP contribution in [0.2, 0.25) is 0 Å². The normalized spacial score (nSPS) is 18.0. The molecule has 148 valence electrons. The van der Waals surface area contributed by atoms with Crippen molar-refractivity contribution in [1.82, 2.24) is 10.2 Å². The lowest BCUT2D eigenvalue weighted by molar-refractivity contribution is 0.0914. The Kier molecular flexibility index (Phi) is 4.56. The van der Waals surface area contributed by atoms with Gasteiger partial charge >= 0.3 is 6.03 Å². The van der Waals surface area contributed by atoms with Crippen LogP contribution in [0.3, 0.4) is 0 Å². The van der Waals surface area contributed by atoms with Crippen LogP contribution in [0.25, 0.3) is 0 Å². The molecule has 2 aromatic rings. The summed E-state index contributed by atoms with van der Waals surface area (Å²) in [7, 11) is 0. The number of benzene rings is 1. The SMILES string of the molecule is Cc1occc1CNC(=O)N1CCC2(CC1)CC(=O)c1cc(F)cc(F)c1N2. The molecule has 0 bridgehead atoms. The first-order chi connectivity index (χ1) is 13.4. The number of urea groups is 1. The van der Waals surface area contributed by atoms with Gasteiger partial charge in [0.15, 0.2) is 5.78 Å². The van der Waals surface area contributed by atoms with Crippen LogP contribution in [0.4, 0.5) is 19.3 Å². The monoisotopic (exact) mass is 389 g/mol. The Labute approximate surface area is 160 Å². The number of hydrogen-bond donors (Lipinski definition) is 2. The lowest BCUT2D eigenvalue weighted by Crippen LogP contribution is -2.55. The summed E-state index contributed by atoms with van der Waals surface area (Å²) >= 11 is 0. The van der Waals surface area contributed by atoms with E-state index in [9.17, 15) is 18.4 Å². The van der Waals surface area contributed by atoms with Crippen LogP contribution in [-0.2, 0) is 6.54 Å². The van der Waals surface area contributed by atoms with Crippen LogP contribution >= 0.6 is 0 Å². The molecule has 4 rings (SSSR count). The zero-order valence-corrected chi connectivity index (χ0v) is 15.5. The van der Waals surface area contributed by atoms with Crippen LogP contribution in [-0.4, -0.2) is 35.3 Å². The predicted octanol–water partition coefficient (Wildman–Crippen LogP) is 3.61. The van der Waals surface area contributed by atoms with Gasteiger partial charge in [0.25, 0.3) is 0 Å². The number of anilines is 1. The van der Waals surface area contributed by atoms with Gasteiger partial charge in [-0.05, 0) is 31.9 Å². The second kappa shape index (κ2) is 6.92. The fourth-order valence-corrected chi connectivity index (χ4v) is 3.95. The molecular weight excluding hydrogens is 368 g/mol. The van der Waals surface area contributed by atoms with Crippen molar-refractivity contribution in [3.05, 3.63) is 53.0 Å². The van der Waals surface area contributed by atoms with Gasteiger partial charge in [-0.15, -0.1) is 0 Å². The molecule has 1 aromatic carbocycles. The van der Waals surface area contributed by atoms with Gasteiger partial charge in [0.2, 0.25) is 0 Å². The molecule has 1 fully saturated rings.